The largest absolute Gasteiger partial charge is 0.495 e. The highest BCUT2D eigenvalue weighted by atomic mass is 35.5. The number of rotatable bonds is 4. The molecule has 0 atom stereocenters. The quantitative estimate of drug-likeness (QED) is 0.825. The summed E-state index contributed by atoms with van der Waals surface area (Å²) in [5, 5.41) is 8.25. The van der Waals surface area contributed by atoms with Crippen LogP contribution in [0.25, 0.3) is 0 Å². The van der Waals surface area contributed by atoms with Crippen LogP contribution in [0.15, 0.2) is 29.4 Å². The minimum atomic E-state index is -3.65. The molecule has 0 amide bonds. The molecule has 0 aliphatic carbocycles. The Bertz CT molecular complexity index is 829. The number of aryl methyl sites for hydroxylation is 1. The van der Waals surface area contributed by atoms with Crippen molar-refractivity contribution in [3.63, 3.8) is 0 Å². The SMILES string of the molecule is COc1ccc(Cl)cc1S(=O)(=O)N1CCC(n2cnnc2C)CC1. The summed E-state index contributed by atoms with van der Waals surface area (Å²) in [6.45, 7) is 2.76. The molecule has 3 rings (SSSR count). The van der Waals surface area contributed by atoms with Gasteiger partial charge in [-0.1, -0.05) is 11.6 Å². The van der Waals surface area contributed by atoms with Gasteiger partial charge >= 0.3 is 0 Å². The Labute approximate surface area is 146 Å². The van der Waals surface area contributed by atoms with E-state index in [0.29, 0.717) is 36.7 Å². The van der Waals surface area contributed by atoms with E-state index in [1.807, 2.05) is 11.5 Å². The second-order valence-corrected chi connectivity index (χ2v) is 8.06. The van der Waals surface area contributed by atoms with Crippen molar-refractivity contribution >= 4 is 21.6 Å². The molecule has 2 heterocycles. The number of sulfonamides is 1. The summed E-state index contributed by atoms with van der Waals surface area (Å²) in [5.41, 5.74) is 0. The van der Waals surface area contributed by atoms with Crippen LogP contribution in [0.4, 0.5) is 0 Å². The van der Waals surface area contributed by atoms with E-state index in [9.17, 15) is 8.42 Å². The molecule has 9 heteroatoms. The van der Waals surface area contributed by atoms with Crippen molar-refractivity contribution in [3.8, 4) is 5.75 Å². The minimum Gasteiger partial charge on any atom is -0.495 e. The number of benzene rings is 1. The molecule has 0 N–H and O–H groups in total. The molecule has 0 spiro atoms. The molecule has 24 heavy (non-hydrogen) atoms. The number of hydrogen-bond acceptors (Lipinski definition) is 5. The highest BCUT2D eigenvalue weighted by Crippen LogP contribution is 2.32. The molecule has 0 bridgehead atoms. The summed E-state index contributed by atoms with van der Waals surface area (Å²) in [7, 11) is -2.20. The van der Waals surface area contributed by atoms with Gasteiger partial charge in [-0.15, -0.1) is 10.2 Å². The molecular formula is C15H19ClN4O3S. The predicted molar refractivity (Wildman–Crippen MR) is 89.8 cm³/mol. The van der Waals surface area contributed by atoms with Gasteiger partial charge in [-0.2, -0.15) is 4.31 Å². The summed E-state index contributed by atoms with van der Waals surface area (Å²) in [6.07, 6.45) is 3.12. The van der Waals surface area contributed by atoms with Crippen LogP contribution in [0.5, 0.6) is 5.75 Å². The number of aromatic nitrogens is 3. The molecule has 1 aliphatic rings. The van der Waals surface area contributed by atoms with E-state index >= 15 is 0 Å². The van der Waals surface area contributed by atoms with E-state index < -0.39 is 10.0 Å². The van der Waals surface area contributed by atoms with Crippen molar-refractivity contribution in [1.82, 2.24) is 19.1 Å². The van der Waals surface area contributed by atoms with Gasteiger partial charge in [-0.3, -0.25) is 0 Å². The summed E-state index contributed by atoms with van der Waals surface area (Å²) < 4.78 is 34.5. The fraction of sp³-hybridized carbons (Fsp3) is 0.467. The van der Waals surface area contributed by atoms with Crippen molar-refractivity contribution in [2.45, 2.75) is 30.7 Å². The van der Waals surface area contributed by atoms with E-state index in [1.54, 1.807) is 18.5 Å². The normalized spacial score (nSPS) is 17.1. The smallest absolute Gasteiger partial charge is 0.246 e. The van der Waals surface area contributed by atoms with Gasteiger partial charge in [0.05, 0.1) is 7.11 Å². The molecule has 1 saturated heterocycles. The Morgan fingerprint density at radius 2 is 2.00 bits per heavy atom. The van der Waals surface area contributed by atoms with Crippen molar-refractivity contribution in [1.29, 1.82) is 0 Å². The molecule has 1 aliphatic heterocycles. The van der Waals surface area contributed by atoms with Gasteiger partial charge in [0.25, 0.3) is 0 Å². The topological polar surface area (TPSA) is 77.3 Å². The summed E-state index contributed by atoms with van der Waals surface area (Å²) in [4.78, 5) is 0.108. The number of piperidine rings is 1. The van der Waals surface area contributed by atoms with Crippen LogP contribution in [0, 0.1) is 6.92 Å². The zero-order valence-electron chi connectivity index (χ0n) is 13.5. The maximum Gasteiger partial charge on any atom is 0.246 e. The highest BCUT2D eigenvalue weighted by Gasteiger charge is 2.32. The zero-order chi connectivity index (χ0) is 17.3. The maximum atomic E-state index is 12.9. The Morgan fingerprint density at radius 1 is 1.29 bits per heavy atom. The fourth-order valence-corrected chi connectivity index (χ4v) is 4.90. The van der Waals surface area contributed by atoms with Crippen LogP contribution >= 0.6 is 11.6 Å². The van der Waals surface area contributed by atoms with Crippen molar-refractivity contribution in [2.24, 2.45) is 0 Å². The molecule has 0 saturated carbocycles. The second-order valence-electron chi connectivity index (χ2n) is 5.72. The Balaban J connectivity index is 1.81. The summed E-state index contributed by atoms with van der Waals surface area (Å²) in [6, 6.07) is 4.84. The van der Waals surface area contributed by atoms with Crippen molar-refractivity contribution in [2.75, 3.05) is 20.2 Å². The summed E-state index contributed by atoms with van der Waals surface area (Å²) >= 11 is 5.97. The highest BCUT2D eigenvalue weighted by molar-refractivity contribution is 7.89. The fourth-order valence-electron chi connectivity index (χ4n) is 3.01. The first-order valence-corrected chi connectivity index (χ1v) is 9.45. The molecule has 0 unspecified atom stereocenters. The lowest BCUT2D eigenvalue weighted by Gasteiger charge is -2.32. The standard InChI is InChI=1S/C15H19ClN4O3S/c1-11-18-17-10-20(11)13-5-7-19(8-6-13)24(21,22)15-9-12(16)3-4-14(15)23-2/h3-4,9-10,13H,5-8H2,1-2H3. The van der Waals surface area contributed by atoms with Gasteiger partial charge < -0.3 is 9.30 Å². The average molecular weight is 371 g/mol. The molecule has 7 nitrogen and oxygen atoms in total. The average Bonchev–Trinajstić information content (AvgIpc) is 3.01. The third-order valence-electron chi connectivity index (χ3n) is 4.31. The number of methoxy groups -OCH3 is 1. The number of halogens is 1. The third kappa shape index (κ3) is 3.13. The van der Waals surface area contributed by atoms with Gasteiger partial charge in [-0.25, -0.2) is 8.42 Å². The Kier molecular flexibility index (Phi) is 4.80. The van der Waals surface area contributed by atoms with Crippen LogP contribution in [0.3, 0.4) is 0 Å². The van der Waals surface area contributed by atoms with Gasteiger partial charge in [-0.05, 0) is 38.0 Å². The molecule has 1 fully saturated rings. The van der Waals surface area contributed by atoms with E-state index in [0.717, 1.165) is 5.82 Å². The van der Waals surface area contributed by atoms with E-state index in [1.165, 1.54) is 17.5 Å². The molecule has 1 aromatic carbocycles. The lowest BCUT2D eigenvalue weighted by molar-refractivity contribution is 0.270. The van der Waals surface area contributed by atoms with Crippen LogP contribution in [-0.2, 0) is 10.0 Å². The van der Waals surface area contributed by atoms with Crippen LogP contribution in [-0.4, -0.2) is 47.7 Å². The van der Waals surface area contributed by atoms with E-state index in [-0.39, 0.29) is 10.9 Å². The van der Waals surface area contributed by atoms with Gasteiger partial charge in [0.15, 0.2) is 0 Å². The predicted octanol–water partition coefficient (Wildman–Crippen LogP) is 2.27. The van der Waals surface area contributed by atoms with Gasteiger partial charge in [0.1, 0.15) is 22.8 Å². The van der Waals surface area contributed by atoms with Crippen LogP contribution in [0.2, 0.25) is 5.02 Å². The lowest BCUT2D eigenvalue weighted by Crippen LogP contribution is -2.39. The second kappa shape index (κ2) is 6.70. The Hall–Kier alpha value is -1.64. The van der Waals surface area contributed by atoms with Crippen LogP contribution in [0.1, 0.15) is 24.7 Å². The maximum absolute atomic E-state index is 12.9. The first kappa shape index (κ1) is 17.2. The molecule has 1 aromatic heterocycles. The Morgan fingerprint density at radius 3 is 2.58 bits per heavy atom. The van der Waals surface area contributed by atoms with E-state index in [4.69, 9.17) is 16.3 Å². The number of ether oxygens (including phenoxy) is 1. The minimum absolute atomic E-state index is 0.108. The summed E-state index contributed by atoms with van der Waals surface area (Å²) in [5.74, 6) is 1.14. The van der Waals surface area contributed by atoms with Gasteiger partial charge in [0.2, 0.25) is 10.0 Å². The van der Waals surface area contributed by atoms with Crippen molar-refractivity contribution in [3.05, 3.63) is 35.4 Å². The zero-order valence-corrected chi connectivity index (χ0v) is 15.1. The molecular weight excluding hydrogens is 352 g/mol. The van der Waals surface area contributed by atoms with Gasteiger partial charge in [0, 0.05) is 24.2 Å². The molecule has 0 radical (unpaired) electrons. The molecule has 2 aromatic rings. The third-order valence-corrected chi connectivity index (χ3v) is 6.47. The number of hydrogen-bond donors (Lipinski definition) is 0. The lowest BCUT2D eigenvalue weighted by atomic mass is 10.1. The molecule has 130 valence electrons. The number of nitrogens with zero attached hydrogens (tertiary/aromatic N) is 4. The first-order valence-electron chi connectivity index (χ1n) is 7.63. The van der Waals surface area contributed by atoms with Crippen LogP contribution < -0.4 is 4.74 Å². The van der Waals surface area contributed by atoms with Crippen molar-refractivity contribution < 1.29 is 13.2 Å². The monoisotopic (exact) mass is 370 g/mol. The van der Waals surface area contributed by atoms with E-state index in [2.05, 4.69) is 10.2 Å². The first-order chi connectivity index (χ1) is 11.4.